The number of nitrogens with zero attached hydrogens (tertiary/aromatic N) is 1. The first-order valence-corrected chi connectivity index (χ1v) is 8.65. The van der Waals surface area contributed by atoms with Crippen LogP contribution in [0.2, 0.25) is 0 Å². The zero-order chi connectivity index (χ0) is 14.4. The third-order valence-electron chi connectivity index (χ3n) is 5.29. The molecule has 2 fully saturated rings. The molecule has 2 aliphatic rings. The van der Waals surface area contributed by atoms with E-state index in [-0.39, 0.29) is 0 Å². The number of nitrogens with one attached hydrogen (secondary N) is 1. The monoisotopic (exact) mass is 280 g/mol. The first-order chi connectivity index (χ1) is 9.66. The van der Waals surface area contributed by atoms with Crippen LogP contribution in [0.15, 0.2) is 0 Å². The molecule has 2 aliphatic heterocycles. The molecule has 1 unspecified atom stereocenters. The largest absolute Gasteiger partial charge is 0.343 e. The van der Waals surface area contributed by atoms with Gasteiger partial charge in [-0.25, -0.2) is 0 Å². The predicted octanol–water partition coefficient (Wildman–Crippen LogP) is 3.05. The lowest BCUT2D eigenvalue weighted by atomic mass is 9.89. The molecule has 0 aromatic heterocycles. The minimum absolute atomic E-state index is 0.410. The third-order valence-corrected chi connectivity index (χ3v) is 5.29. The van der Waals surface area contributed by atoms with Crippen molar-refractivity contribution in [1.82, 2.24) is 10.2 Å². The highest BCUT2D eigenvalue weighted by atomic mass is 16.2. The average Bonchev–Trinajstić information content (AvgIpc) is 2.72. The molecule has 1 amide bonds. The van der Waals surface area contributed by atoms with E-state index in [1.54, 1.807) is 0 Å². The van der Waals surface area contributed by atoms with Gasteiger partial charge in [-0.2, -0.15) is 0 Å². The van der Waals surface area contributed by atoms with Crippen molar-refractivity contribution in [2.45, 2.75) is 58.8 Å². The quantitative estimate of drug-likeness (QED) is 0.858. The number of carbonyl (C=O) groups excluding carboxylic acids is 1. The van der Waals surface area contributed by atoms with Crippen LogP contribution in [0, 0.1) is 17.8 Å². The molecule has 0 bridgehead atoms. The van der Waals surface area contributed by atoms with E-state index in [2.05, 4.69) is 24.1 Å². The topological polar surface area (TPSA) is 32.3 Å². The van der Waals surface area contributed by atoms with E-state index in [4.69, 9.17) is 0 Å². The molecule has 3 nitrogen and oxygen atoms in total. The van der Waals surface area contributed by atoms with Gasteiger partial charge in [-0.15, -0.1) is 0 Å². The van der Waals surface area contributed by atoms with Crippen LogP contribution in [0.5, 0.6) is 0 Å². The first kappa shape index (κ1) is 15.8. The Morgan fingerprint density at radius 1 is 1.15 bits per heavy atom. The molecule has 2 rings (SSSR count). The van der Waals surface area contributed by atoms with E-state index < -0.39 is 0 Å². The fraction of sp³-hybridized carbons (Fsp3) is 0.941. The van der Waals surface area contributed by atoms with Gasteiger partial charge in [0, 0.05) is 19.5 Å². The molecular weight excluding hydrogens is 248 g/mol. The minimum Gasteiger partial charge on any atom is -0.343 e. The van der Waals surface area contributed by atoms with Crippen LogP contribution in [0.25, 0.3) is 0 Å². The van der Waals surface area contributed by atoms with Crippen LogP contribution in [0.4, 0.5) is 0 Å². The molecule has 3 heteroatoms. The maximum Gasteiger partial charge on any atom is 0.222 e. The highest BCUT2D eigenvalue weighted by molar-refractivity contribution is 5.76. The summed E-state index contributed by atoms with van der Waals surface area (Å²) in [6.07, 6.45) is 8.08. The molecule has 0 aromatic rings. The summed E-state index contributed by atoms with van der Waals surface area (Å²) in [4.78, 5) is 14.5. The van der Waals surface area contributed by atoms with Crippen LogP contribution in [-0.2, 0) is 4.79 Å². The Labute approximate surface area is 124 Å². The molecule has 0 spiro atoms. The molecule has 116 valence electrons. The molecule has 20 heavy (non-hydrogen) atoms. The van der Waals surface area contributed by atoms with Crippen LogP contribution in [0.1, 0.15) is 58.8 Å². The second-order valence-electron chi connectivity index (χ2n) is 7.05. The van der Waals surface area contributed by atoms with E-state index in [1.165, 1.54) is 32.1 Å². The first-order valence-electron chi connectivity index (χ1n) is 8.65. The van der Waals surface area contributed by atoms with Gasteiger partial charge in [0.15, 0.2) is 0 Å². The third kappa shape index (κ3) is 4.76. The summed E-state index contributed by atoms with van der Waals surface area (Å²) in [5, 5.41) is 3.39. The van der Waals surface area contributed by atoms with Crippen molar-refractivity contribution in [1.29, 1.82) is 0 Å². The van der Waals surface area contributed by atoms with Gasteiger partial charge in [0.1, 0.15) is 0 Å². The highest BCUT2D eigenvalue weighted by Crippen LogP contribution is 2.25. The molecule has 0 radical (unpaired) electrons. The maximum atomic E-state index is 12.4. The molecule has 2 heterocycles. The fourth-order valence-electron chi connectivity index (χ4n) is 3.69. The molecular formula is C17H32N2O. The lowest BCUT2D eigenvalue weighted by Crippen LogP contribution is -2.33. The zero-order valence-electron chi connectivity index (χ0n) is 13.4. The van der Waals surface area contributed by atoms with Crippen molar-refractivity contribution in [2.75, 3.05) is 26.2 Å². The van der Waals surface area contributed by atoms with Gasteiger partial charge in [0.2, 0.25) is 5.91 Å². The number of piperidine rings is 1. The van der Waals surface area contributed by atoms with E-state index >= 15 is 0 Å². The molecule has 0 aromatic carbocycles. The highest BCUT2D eigenvalue weighted by Gasteiger charge is 2.23. The summed E-state index contributed by atoms with van der Waals surface area (Å²) in [5.41, 5.74) is 0. The van der Waals surface area contributed by atoms with Gasteiger partial charge in [0.05, 0.1) is 0 Å². The second kappa shape index (κ2) is 8.02. The maximum absolute atomic E-state index is 12.4. The normalized spacial score (nSPS) is 25.8. The van der Waals surface area contributed by atoms with Gasteiger partial charge in [0.25, 0.3) is 0 Å². The summed E-state index contributed by atoms with van der Waals surface area (Å²) < 4.78 is 0. The van der Waals surface area contributed by atoms with Crippen LogP contribution >= 0.6 is 0 Å². The SMILES string of the molecule is CC(C)C1CCCN(C(=O)CCC2CCNCC2)CC1. The Balaban J connectivity index is 1.71. The van der Waals surface area contributed by atoms with Crippen LogP contribution in [0.3, 0.4) is 0 Å². The smallest absolute Gasteiger partial charge is 0.222 e. The van der Waals surface area contributed by atoms with Gasteiger partial charge in [-0.1, -0.05) is 13.8 Å². The van der Waals surface area contributed by atoms with Crippen molar-refractivity contribution >= 4 is 5.91 Å². The van der Waals surface area contributed by atoms with Gasteiger partial charge < -0.3 is 10.2 Å². The number of likely N-dealkylation sites (tertiary alicyclic amines) is 1. The summed E-state index contributed by atoms with van der Waals surface area (Å²) in [7, 11) is 0. The molecule has 0 aliphatic carbocycles. The van der Waals surface area contributed by atoms with E-state index in [0.29, 0.717) is 5.91 Å². The van der Waals surface area contributed by atoms with Gasteiger partial charge in [-0.3, -0.25) is 4.79 Å². The summed E-state index contributed by atoms with van der Waals surface area (Å²) in [6, 6.07) is 0. The van der Waals surface area contributed by atoms with Crippen LogP contribution < -0.4 is 5.32 Å². The van der Waals surface area contributed by atoms with Crippen molar-refractivity contribution < 1.29 is 4.79 Å². The minimum atomic E-state index is 0.410. The average molecular weight is 280 g/mol. The Bertz CT molecular complexity index is 297. The number of amides is 1. The van der Waals surface area contributed by atoms with Crippen molar-refractivity contribution in [3.05, 3.63) is 0 Å². The fourth-order valence-corrected chi connectivity index (χ4v) is 3.69. The molecule has 1 N–H and O–H groups in total. The Morgan fingerprint density at radius 2 is 1.90 bits per heavy atom. The summed E-state index contributed by atoms with van der Waals surface area (Å²) >= 11 is 0. The molecule has 0 saturated carbocycles. The van der Waals surface area contributed by atoms with Crippen molar-refractivity contribution in [3.63, 3.8) is 0 Å². The van der Waals surface area contributed by atoms with Crippen molar-refractivity contribution in [3.8, 4) is 0 Å². The van der Waals surface area contributed by atoms with E-state index in [1.807, 2.05) is 0 Å². The molecule has 2 saturated heterocycles. The predicted molar refractivity (Wildman–Crippen MR) is 83.6 cm³/mol. The number of hydrogen-bond donors (Lipinski definition) is 1. The summed E-state index contributed by atoms with van der Waals surface area (Å²) in [6.45, 7) is 8.90. The van der Waals surface area contributed by atoms with E-state index in [9.17, 15) is 4.79 Å². The van der Waals surface area contributed by atoms with Gasteiger partial charge in [-0.05, 0) is 69.4 Å². The Morgan fingerprint density at radius 3 is 2.60 bits per heavy atom. The lowest BCUT2D eigenvalue weighted by molar-refractivity contribution is -0.131. The number of carbonyl (C=O) groups is 1. The zero-order valence-corrected chi connectivity index (χ0v) is 13.4. The number of rotatable bonds is 4. The molecule has 1 atom stereocenters. The van der Waals surface area contributed by atoms with Crippen molar-refractivity contribution in [2.24, 2.45) is 17.8 Å². The second-order valence-corrected chi connectivity index (χ2v) is 7.05. The Kier molecular flexibility index (Phi) is 6.34. The standard InChI is InChI=1S/C17H32N2O/c1-14(2)16-4-3-12-19(13-9-16)17(20)6-5-15-7-10-18-11-8-15/h14-16,18H,3-13H2,1-2H3. The Hall–Kier alpha value is -0.570. The van der Waals surface area contributed by atoms with Crippen LogP contribution in [-0.4, -0.2) is 37.0 Å². The lowest BCUT2D eigenvalue weighted by Gasteiger charge is -2.25. The van der Waals surface area contributed by atoms with Gasteiger partial charge >= 0.3 is 0 Å². The van der Waals surface area contributed by atoms with E-state index in [0.717, 1.165) is 56.8 Å². The number of hydrogen-bond acceptors (Lipinski definition) is 2. The summed E-state index contributed by atoms with van der Waals surface area (Å²) in [5.74, 6) is 2.76.